The predicted molar refractivity (Wildman–Crippen MR) is 79.2 cm³/mol. The van der Waals surface area contributed by atoms with Gasteiger partial charge in [-0.2, -0.15) is 11.8 Å². The van der Waals surface area contributed by atoms with Crippen LogP contribution < -0.4 is 9.47 Å². The lowest BCUT2D eigenvalue weighted by molar-refractivity contribution is 0.137. The molecule has 1 aliphatic carbocycles. The topological polar surface area (TPSA) is 38.7 Å². The van der Waals surface area contributed by atoms with Gasteiger partial charge in [0, 0.05) is 11.0 Å². The minimum absolute atomic E-state index is 0.125. The lowest BCUT2D eigenvalue weighted by atomic mass is 9.97. The Bertz CT molecular complexity index is 366. The summed E-state index contributed by atoms with van der Waals surface area (Å²) in [6, 6.07) is 7.62. The first kappa shape index (κ1) is 14.5. The highest BCUT2D eigenvalue weighted by Gasteiger charge is 2.22. The monoisotopic (exact) mass is 282 g/mol. The summed E-state index contributed by atoms with van der Waals surface area (Å²) < 4.78 is 10.8. The van der Waals surface area contributed by atoms with E-state index in [9.17, 15) is 5.11 Å². The molecule has 2 unspecified atom stereocenters. The molecule has 0 saturated heterocycles. The highest BCUT2D eigenvalue weighted by Crippen LogP contribution is 2.28. The molecule has 0 bridgehead atoms. The first-order valence-corrected chi connectivity index (χ1v) is 7.91. The third kappa shape index (κ3) is 4.62. The van der Waals surface area contributed by atoms with Gasteiger partial charge in [-0.15, -0.1) is 0 Å². The van der Waals surface area contributed by atoms with Crippen molar-refractivity contribution in [2.45, 2.75) is 37.0 Å². The van der Waals surface area contributed by atoms with Gasteiger partial charge >= 0.3 is 0 Å². The third-order valence-electron chi connectivity index (χ3n) is 3.41. The Morgan fingerprint density at radius 3 is 2.53 bits per heavy atom. The van der Waals surface area contributed by atoms with E-state index in [1.165, 1.54) is 12.8 Å². The van der Waals surface area contributed by atoms with Crippen molar-refractivity contribution in [3.05, 3.63) is 24.3 Å². The number of benzene rings is 1. The first-order chi connectivity index (χ1) is 9.29. The van der Waals surface area contributed by atoms with E-state index in [0.29, 0.717) is 11.9 Å². The number of aliphatic hydroxyl groups is 1. The Hall–Kier alpha value is -0.870. The summed E-state index contributed by atoms with van der Waals surface area (Å²) in [5.74, 6) is 2.63. The fraction of sp³-hybridized carbons (Fsp3) is 0.600. The average molecular weight is 282 g/mol. The molecule has 1 N–H and O–H groups in total. The second-order valence-electron chi connectivity index (χ2n) is 4.79. The van der Waals surface area contributed by atoms with E-state index in [-0.39, 0.29) is 6.10 Å². The van der Waals surface area contributed by atoms with Gasteiger partial charge in [0.25, 0.3) is 0 Å². The van der Waals surface area contributed by atoms with Crippen LogP contribution in [0.5, 0.6) is 11.5 Å². The Balaban J connectivity index is 1.65. The van der Waals surface area contributed by atoms with Crippen molar-refractivity contribution in [3.63, 3.8) is 0 Å². The van der Waals surface area contributed by atoms with Crippen molar-refractivity contribution < 1.29 is 14.6 Å². The van der Waals surface area contributed by atoms with Gasteiger partial charge in [-0.1, -0.05) is 12.8 Å². The molecule has 1 saturated carbocycles. The van der Waals surface area contributed by atoms with Crippen LogP contribution in [-0.2, 0) is 0 Å². The molecule has 3 nitrogen and oxygen atoms in total. The number of methoxy groups -OCH3 is 1. The van der Waals surface area contributed by atoms with E-state index in [0.717, 1.165) is 30.1 Å². The van der Waals surface area contributed by atoms with Gasteiger partial charge in [0.2, 0.25) is 0 Å². The highest BCUT2D eigenvalue weighted by molar-refractivity contribution is 7.99. The van der Waals surface area contributed by atoms with Crippen LogP contribution in [-0.4, -0.2) is 35.9 Å². The van der Waals surface area contributed by atoms with Crippen LogP contribution in [0.3, 0.4) is 0 Å². The largest absolute Gasteiger partial charge is 0.497 e. The standard InChI is InChI=1S/C15H22O3S/c1-17-12-6-8-13(9-7-12)18-10-11-19-15-5-3-2-4-14(15)16/h6-9,14-16H,2-5,10-11H2,1H3. The lowest BCUT2D eigenvalue weighted by Crippen LogP contribution is -2.27. The summed E-state index contributed by atoms with van der Waals surface area (Å²) in [5.41, 5.74) is 0. The van der Waals surface area contributed by atoms with Gasteiger partial charge < -0.3 is 14.6 Å². The molecule has 2 atom stereocenters. The van der Waals surface area contributed by atoms with Crippen molar-refractivity contribution >= 4 is 11.8 Å². The van der Waals surface area contributed by atoms with Crippen molar-refractivity contribution in [1.82, 2.24) is 0 Å². The first-order valence-electron chi connectivity index (χ1n) is 6.86. The molecule has 0 amide bonds. The van der Waals surface area contributed by atoms with E-state index in [2.05, 4.69) is 0 Å². The van der Waals surface area contributed by atoms with Crippen LogP contribution in [0.15, 0.2) is 24.3 Å². The fourth-order valence-corrected chi connectivity index (χ4v) is 3.48. The van der Waals surface area contributed by atoms with Crippen LogP contribution in [0.1, 0.15) is 25.7 Å². The van der Waals surface area contributed by atoms with Crippen LogP contribution in [0.2, 0.25) is 0 Å². The van der Waals surface area contributed by atoms with E-state index in [1.807, 2.05) is 36.0 Å². The third-order valence-corrected chi connectivity index (χ3v) is 4.79. The zero-order valence-electron chi connectivity index (χ0n) is 11.4. The molecule has 0 radical (unpaired) electrons. The predicted octanol–water partition coefficient (Wildman–Crippen LogP) is 3.11. The maximum atomic E-state index is 9.87. The quantitative estimate of drug-likeness (QED) is 0.814. The molecule has 106 valence electrons. The SMILES string of the molecule is COc1ccc(OCCSC2CCCCC2O)cc1. The van der Waals surface area contributed by atoms with Gasteiger partial charge in [-0.3, -0.25) is 0 Å². The molecular formula is C15H22O3S. The minimum Gasteiger partial charge on any atom is -0.497 e. The fourth-order valence-electron chi connectivity index (χ4n) is 2.30. The summed E-state index contributed by atoms with van der Waals surface area (Å²) in [7, 11) is 1.65. The normalized spacial score (nSPS) is 23.1. The Labute approximate surface area is 119 Å². The van der Waals surface area contributed by atoms with E-state index < -0.39 is 0 Å². The van der Waals surface area contributed by atoms with Crippen molar-refractivity contribution in [2.24, 2.45) is 0 Å². The summed E-state index contributed by atoms with van der Waals surface area (Å²) in [5, 5.41) is 10.3. The summed E-state index contributed by atoms with van der Waals surface area (Å²) >= 11 is 1.83. The number of aliphatic hydroxyl groups excluding tert-OH is 1. The van der Waals surface area contributed by atoms with Crippen molar-refractivity contribution in [1.29, 1.82) is 0 Å². The molecule has 2 rings (SSSR count). The van der Waals surface area contributed by atoms with Gasteiger partial charge in [0.05, 0.1) is 19.8 Å². The number of thioether (sulfide) groups is 1. The van der Waals surface area contributed by atoms with Crippen molar-refractivity contribution in [2.75, 3.05) is 19.5 Å². The average Bonchev–Trinajstić information content (AvgIpc) is 2.46. The van der Waals surface area contributed by atoms with Crippen LogP contribution in [0, 0.1) is 0 Å². The zero-order chi connectivity index (χ0) is 13.5. The summed E-state index contributed by atoms with van der Waals surface area (Å²) in [4.78, 5) is 0. The maximum absolute atomic E-state index is 9.87. The van der Waals surface area contributed by atoms with E-state index >= 15 is 0 Å². The molecule has 1 aliphatic rings. The molecule has 1 aromatic rings. The molecule has 0 aromatic heterocycles. The zero-order valence-corrected chi connectivity index (χ0v) is 12.2. The molecular weight excluding hydrogens is 260 g/mol. The molecule has 0 spiro atoms. The number of hydrogen-bond donors (Lipinski definition) is 1. The van der Waals surface area contributed by atoms with Crippen molar-refractivity contribution in [3.8, 4) is 11.5 Å². The van der Waals surface area contributed by atoms with Gasteiger partial charge in [0.15, 0.2) is 0 Å². The Morgan fingerprint density at radius 2 is 1.84 bits per heavy atom. The molecule has 4 heteroatoms. The summed E-state index contributed by atoms with van der Waals surface area (Å²) in [6.07, 6.45) is 4.37. The Kier molecular flexibility index (Phi) is 5.86. The van der Waals surface area contributed by atoms with E-state index in [4.69, 9.17) is 9.47 Å². The maximum Gasteiger partial charge on any atom is 0.119 e. The number of ether oxygens (including phenoxy) is 2. The molecule has 0 aliphatic heterocycles. The van der Waals surface area contributed by atoms with Gasteiger partial charge in [-0.25, -0.2) is 0 Å². The molecule has 0 heterocycles. The summed E-state index contributed by atoms with van der Waals surface area (Å²) in [6.45, 7) is 0.681. The number of rotatable bonds is 6. The van der Waals surface area contributed by atoms with Crippen LogP contribution in [0.25, 0.3) is 0 Å². The Morgan fingerprint density at radius 1 is 1.16 bits per heavy atom. The molecule has 1 aromatic carbocycles. The smallest absolute Gasteiger partial charge is 0.119 e. The highest BCUT2D eigenvalue weighted by atomic mass is 32.2. The number of hydrogen-bond acceptors (Lipinski definition) is 4. The van der Waals surface area contributed by atoms with E-state index in [1.54, 1.807) is 7.11 Å². The second-order valence-corrected chi connectivity index (χ2v) is 6.13. The minimum atomic E-state index is -0.125. The molecule has 1 fully saturated rings. The van der Waals surface area contributed by atoms with Crippen LogP contribution in [0.4, 0.5) is 0 Å². The van der Waals surface area contributed by atoms with Gasteiger partial charge in [0.1, 0.15) is 11.5 Å². The van der Waals surface area contributed by atoms with Gasteiger partial charge in [-0.05, 0) is 37.1 Å². The van der Waals surface area contributed by atoms with Crippen LogP contribution >= 0.6 is 11.8 Å². The lowest BCUT2D eigenvalue weighted by Gasteiger charge is -2.26. The molecule has 19 heavy (non-hydrogen) atoms. The second kappa shape index (κ2) is 7.65.